The van der Waals surface area contributed by atoms with Crippen LogP contribution in [0, 0.1) is 17.3 Å². The zero-order chi connectivity index (χ0) is 13.5. The molecule has 0 bridgehead atoms. The van der Waals surface area contributed by atoms with E-state index in [9.17, 15) is 0 Å². The zero-order valence-electron chi connectivity index (χ0n) is 12.2. The van der Waals surface area contributed by atoms with Gasteiger partial charge in [-0.05, 0) is 42.1 Å². The van der Waals surface area contributed by atoms with Crippen LogP contribution in [0.1, 0.15) is 38.7 Å². The van der Waals surface area contributed by atoms with Crippen molar-refractivity contribution in [1.29, 1.82) is 0 Å². The van der Waals surface area contributed by atoms with Gasteiger partial charge in [-0.1, -0.05) is 44.2 Å². The Morgan fingerprint density at radius 2 is 1.84 bits per heavy atom. The number of piperidine rings is 1. The van der Waals surface area contributed by atoms with Crippen molar-refractivity contribution in [1.82, 2.24) is 4.90 Å². The maximum atomic E-state index is 6.59. The van der Waals surface area contributed by atoms with E-state index < -0.39 is 0 Å². The van der Waals surface area contributed by atoms with Crippen LogP contribution in [0.3, 0.4) is 0 Å². The molecule has 0 radical (unpaired) electrons. The number of hydrogen-bond donors (Lipinski definition) is 1. The Morgan fingerprint density at radius 3 is 2.47 bits per heavy atom. The fraction of sp³-hybridized carbons (Fsp3) is 0.647. The molecule has 1 aromatic rings. The molecule has 0 aromatic heterocycles. The molecule has 0 amide bonds. The first-order valence-electron chi connectivity index (χ1n) is 7.62. The number of nitrogens with zero attached hydrogens (tertiary/aromatic N) is 1. The van der Waals surface area contributed by atoms with Crippen LogP contribution in [0.25, 0.3) is 0 Å². The Labute approximate surface area is 117 Å². The lowest BCUT2D eigenvalue weighted by molar-refractivity contribution is -0.0229. The minimum atomic E-state index is 0.187. The second-order valence-corrected chi connectivity index (χ2v) is 6.95. The predicted molar refractivity (Wildman–Crippen MR) is 79.4 cm³/mol. The molecule has 2 N–H and O–H groups in total. The normalized spacial score (nSPS) is 31.3. The lowest BCUT2D eigenvalue weighted by atomic mass is 9.69. The van der Waals surface area contributed by atoms with Gasteiger partial charge in [0.25, 0.3) is 0 Å². The first-order chi connectivity index (χ1) is 9.09. The van der Waals surface area contributed by atoms with Gasteiger partial charge in [0.15, 0.2) is 0 Å². The van der Waals surface area contributed by atoms with E-state index in [0.29, 0.717) is 0 Å². The number of nitrogens with two attached hydrogens (primary N) is 1. The van der Waals surface area contributed by atoms with E-state index in [-0.39, 0.29) is 11.6 Å². The van der Waals surface area contributed by atoms with Gasteiger partial charge < -0.3 is 5.73 Å². The monoisotopic (exact) mass is 258 g/mol. The molecule has 1 aliphatic heterocycles. The van der Waals surface area contributed by atoms with Crippen LogP contribution in [0.15, 0.2) is 30.3 Å². The molecule has 2 nitrogen and oxygen atoms in total. The predicted octanol–water partition coefficient (Wildman–Crippen LogP) is 3.23. The molecule has 1 saturated carbocycles. The Morgan fingerprint density at radius 1 is 1.16 bits per heavy atom. The second-order valence-electron chi connectivity index (χ2n) is 6.95. The number of hydrogen-bond acceptors (Lipinski definition) is 2. The molecular formula is C17H26N2. The summed E-state index contributed by atoms with van der Waals surface area (Å²) < 4.78 is 0. The third-order valence-electron chi connectivity index (χ3n) is 5.26. The SMILES string of the molecule is CC1(C)C(C2CC2)CCN(Cc2ccccc2)C1N. The lowest BCUT2D eigenvalue weighted by Crippen LogP contribution is -2.58. The van der Waals surface area contributed by atoms with Gasteiger partial charge >= 0.3 is 0 Å². The average molecular weight is 258 g/mol. The maximum Gasteiger partial charge on any atom is 0.0630 e. The van der Waals surface area contributed by atoms with Crippen molar-refractivity contribution in [2.75, 3.05) is 6.54 Å². The highest BCUT2D eigenvalue weighted by atomic mass is 15.2. The van der Waals surface area contributed by atoms with E-state index in [1.807, 2.05) is 0 Å². The summed E-state index contributed by atoms with van der Waals surface area (Å²) >= 11 is 0. The molecule has 2 aliphatic rings. The number of rotatable bonds is 3. The van der Waals surface area contributed by atoms with E-state index in [0.717, 1.165) is 24.9 Å². The zero-order valence-corrected chi connectivity index (χ0v) is 12.2. The molecule has 1 heterocycles. The Kier molecular flexibility index (Phi) is 3.40. The first-order valence-corrected chi connectivity index (χ1v) is 7.62. The molecule has 2 heteroatoms. The van der Waals surface area contributed by atoms with E-state index in [1.54, 1.807) is 0 Å². The molecule has 0 spiro atoms. The minimum absolute atomic E-state index is 0.187. The van der Waals surface area contributed by atoms with Gasteiger partial charge in [0.1, 0.15) is 0 Å². The second kappa shape index (κ2) is 4.92. The van der Waals surface area contributed by atoms with Crippen LogP contribution < -0.4 is 5.73 Å². The fourth-order valence-corrected chi connectivity index (χ4v) is 3.84. The van der Waals surface area contributed by atoms with Crippen LogP contribution in [0.4, 0.5) is 0 Å². The van der Waals surface area contributed by atoms with Gasteiger partial charge in [-0.15, -0.1) is 0 Å². The molecule has 104 valence electrons. The molecule has 19 heavy (non-hydrogen) atoms. The summed E-state index contributed by atoms with van der Waals surface area (Å²) in [6.45, 7) is 6.89. The highest BCUT2D eigenvalue weighted by molar-refractivity contribution is 5.15. The molecule has 2 atom stereocenters. The lowest BCUT2D eigenvalue weighted by Gasteiger charge is -2.50. The van der Waals surface area contributed by atoms with Crippen molar-refractivity contribution in [2.24, 2.45) is 23.0 Å². The van der Waals surface area contributed by atoms with E-state index in [1.165, 1.54) is 24.8 Å². The summed E-state index contributed by atoms with van der Waals surface area (Å²) in [4.78, 5) is 2.47. The highest BCUT2D eigenvalue weighted by Crippen LogP contribution is 2.51. The van der Waals surface area contributed by atoms with Gasteiger partial charge in [0.05, 0.1) is 6.17 Å². The van der Waals surface area contributed by atoms with Crippen LogP contribution in [0.2, 0.25) is 0 Å². The minimum Gasteiger partial charge on any atom is -0.315 e. The summed E-state index contributed by atoms with van der Waals surface area (Å²) in [6, 6.07) is 10.7. The summed E-state index contributed by atoms with van der Waals surface area (Å²) in [5.41, 5.74) is 8.20. The van der Waals surface area contributed by atoms with Crippen molar-refractivity contribution >= 4 is 0 Å². The van der Waals surface area contributed by atoms with Crippen molar-refractivity contribution in [2.45, 2.75) is 45.8 Å². The average Bonchev–Trinajstić information content (AvgIpc) is 3.21. The first kappa shape index (κ1) is 13.1. The maximum absolute atomic E-state index is 6.59. The third-order valence-corrected chi connectivity index (χ3v) is 5.26. The smallest absolute Gasteiger partial charge is 0.0630 e. The van der Waals surface area contributed by atoms with Gasteiger partial charge in [-0.2, -0.15) is 0 Å². The summed E-state index contributed by atoms with van der Waals surface area (Å²) in [5, 5.41) is 0. The van der Waals surface area contributed by atoms with Crippen LogP contribution in [-0.2, 0) is 6.54 Å². The molecule has 3 rings (SSSR count). The van der Waals surface area contributed by atoms with Crippen LogP contribution in [-0.4, -0.2) is 17.6 Å². The van der Waals surface area contributed by atoms with Gasteiger partial charge in [-0.3, -0.25) is 4.90 Å². The van der Waals surface area contributed by atoms with E-state index in [4.69, 9.17) is 5.73 Å². The molecular weight excluding hydrogens is 232 g/mol. The largest absolute Gasteiger partial charge is 0.315 e. The van der Waals surface area contributed by atoms with Gasteiger partial charge in [0, 0.05) is 13.1 Å². The third kappa shape index (κ3) is 2.56. The molecule has 1 saturated heterocycles. The molecule has 2 fully saturated rings. The molecule has 1 aromatic carbocycles. The Bertz CT molecular complexity index is 422. The number of likely N-dealkylation sites (tertiary alicyclic amines) is 1. The summed E-state index contributed by atoms with van der Waals surface area (Å²) in [7, 11) is 0. The highest BCUT2D eigenvalue weighted by Gasteiger charge is 2.48. The summed E-state index contributed by atoms with van der Waals surface area (Å²) in [6.07, 6.45) is 4.36. The fourth-order valence-electron chi connectivity index (χ4n) is 3.84. The Hall–Kier alpha value is -0.860. The Balaban J connectivity index is 1.71. The van der Waals surface area contributed by atoms with Gasteiger partial charge in [0.2, 0.25) is 0 Å². The van der Waals surface area contributed by atoms with Crippen molar-refractivity contribution in [3.63, 3.8) is 0 Å². The topological polar surface area (TPSA) is 29.3 Å². The standard InChI is InChI=1S/C17H26N2/c1-17(2)15(14-8-9-14)10-11-19(16(17)18)12-13-6-4-3-5-7-13/h3-7,14-16H,8-12,18H2,1-2H3. The van der Waals surface area contributed by atoms with Gasteiger partial charge in [-0.25, -0.2) is 0 Å². The quantitative estimate of drug-likeness (QED) is 0.902. The molecule has 1 aliphatic carbocycles. The van der Waals surface area contributed by atoms with E-state index >= 15 is 0 Å². The van der Waals surface area contributed by atoms with Crippen LogP contribution in [0.5, 0.6) is 0 Å². The van der Waals surface area contributed by atoms with Crippen LogP contribution >= 0.6 is 0 Å². The van der Waals surface area contributed by atoms with Crippen molar-refractivity contribution in [3.05, 3.63) is 35.9 Å². The molecule has 2 unspecified atom stereocenters. The van der Waals surface area contributed by atoms with E-state index in [2.05, 4.69) is 49.1 Å². The number of benzene rings is 1. The summed E-state index contributed by atoms with van der Waals surface area (Å²) in [5.74, 6) is 1.79. The van der Waals surface area contributed by atoms with Crippen molar-refractivity contribution < 1.29 is 0 Å². The van der Waals surface area contributed by atoms with Crippen molar-refractivity contribution in [3.8, 4) is 0 Å².